The Bertz CT molecular complexity index is 926. The van der Waals surface area contributed by atoms with Crippen LogP contribution < -0.4 is 5.32 Å². The Morgan fingerprint density at radius 1 is 1.33 bits per heavy atom. The van der Waals surface area contributed by atoms with E-state index in [9.17, 15) is 4.79 Å². The van der Waals surface area contributed by atoms with E-state index in [1.165, 1.54) is 11.8 Å². The summed E-state index contributed by atoms with van der Waals surface area (Å²) in [6.45, 7) is 8.80. The van der Waals surface area contributed by atoms with Crippen molar-refractivity contribution in [3.8, 4) is 11.6 Å². The van der Waals surface area contributed by atoms with Gasteiger partial charge in [0, 0.05) is 13.6 Å². The van der Waals surface area contributed by atoms with Crippen LogP contribution in [-0.4, -0.2) is 36.2 Å². The first-order valence-electron chi connectivity index (χ1n) is 8.76. The molecule has 0 saturated heterocycles. The Labute approximate surface area is 162 Å². The molecular weight excluding hydrogens is 364 g/mol. The molecule has 3 aromatic heterocycles. The maximum absolute atomic E-state index is 12.4. The molecule has 0 saturated carbocycles. The summed E-state index contributed by atoms with van der Waals surface area (Å²) in [7, 11) is 1.86. The SMILES string of the molecule is Cc1nn(C)c(C)c1NC(=O)CSc1nnc(-c2ccco2)n1CC(C)C. The molecule has 144 valence electrons. The second-order valence-corrected chi connectivity index (χ2v) is 7.74. The molecule has 0 fully saturated rings. The van der Waals surface area contributed by atoms with E-state index in [1.54, 1.807) is 10.9 Å². The lowest BCUT2D eigenvalue weighted by atomic mass is 10.2. The van der Waals surface area contributed by atoms with Crippen LogP contribution >= 0.6 is 11.8 Å². The minimum atomic E-state index is -0.0992. The number of hydrogen-bond acceptors (Lipinski definition) is 6. The van der Waals surface area contributed by atoms with Gasteiger partial charge in [-0.15, -0.1) is 10.2 Å². The van der Waals surface area contributed by atoms with Gasteiger partial charge in [0.2, 0.25) is 5.91 Å². The van der Waals surface area contributed by atoms with Gasteiger partial charge in [0.25, 0.3) is 0 Å². The van der Waals surface area contributed by atoms with Crippen molar-refractivity contribution in [2.75, 3.05) is 11.1 Å². The Morgan fingerprint density at radius 3 is 2.70 bits per heavy atom. The van der Waals surface area contributed by atoms with Crippen LogP contribution in [0, 0.1) is 19.8 Å². The Hall–Kier alpha value is -2.55. The Morgan fingerprint density at radius 2 is 2.11 bits per heavy atom. The normalized spacial score (nSPS) is 11.3. The van der Waals surface area contributed by atoms with Crippen molar-refractivity contribution < 1.29 is 9.21 Å². The average molecular weight is 388 g/mol. The van der Waals surface area contributed by atoms with Gasteiger partial charge in [-0.1, -0.05) is 25.6 Å². The third-order valence-electron chi connectivity index (χ3n) is 4.11. The molecule has 0 aliphatic rings. The molecule has 0 atom stereocenters. The second-order valence-electron chi connectivity index (χ2n) is 6.79. The average Bonchev–Trinajstić information content (AvgIpc) is 3.30. The molecule has 3 aromatic rings. The number of rotatable bonds is 7. The molecule has 0 aromatic carbocycles. The Kier molecular flexibility index (Phi) is 5.69. The first-order chi connectivity index (χ1) is 12.9. The van der Waals surface area contributed by atoms with Gasteiger partial charge in [0.15, 0.2) is 16.7 Å². The highest BCUT2D eigenvalue weighted by Crippen LogP contribution is 2.26. The summed E-state index contributed by atoms with van der Waals surface area (Å²) in [5.41, 5.74) is 2.49. The lowest BCUT2D eigenvalue weighted by molar-refractivity contribution is -0.113. The number of furan rings is 1. The lowest BCUT2D eigenvalue weighted by Crippen LogP contribution is -2.16. The lowest BCUT2D eigenvalue weighted by Gasteiger charge is -2.11. The fraction of sp³-hybridized carbons (Fsp3) is 0.444. The van der Waals surface area contributed by atoms with Crippen LogP contribution in [0.1, 0.15) is 25.2 Å². The highest BCUT2D eigenvalue weighted by Gasteiger charge is 2.19. The molecule has 3 heterocycles. The zero-order valence-electron chi connectivity index (χ0n) is 16.2. The first-order valence-corrected chi connectivity index (χ1v) is 9.75. The summed E-state index contributed by atoms with van der Waals surface area (Å²) in [6, 6.07) is 3.68. The van der Waals surface area contributed by atoms with Crippen LogP contribution in [0.15, 0.2) is 28.0 Å². The largest absolute Gasteiger partial charge is 0.461 e. The fourth-order valence-corrected chi connectivity index (χ4v) is 3.52. The van der Waals surface area contributed by atoms with E-state index in [2.05, 4.69) is 34.5 Å². The molecule has 0 aliphatic heterocycles. The Balaban J connectivity index is 1.73. The number of nitrogens with one attached hydrogen (secondary N) is 1. The van der Waals surface area contributed by atoms with Crippen LogP contribution in [-0.2, 0) is 18.4 Å². The summed E-state index contributed by atoms with van der Waals surface area (Å²) in [5, 5.41) is 16.5. The maximum atomic E-state index is 12.4. The number of carbonyl (C=O) groups is 1. The quantitative estimate of drug-likeness (QED) is 0.625. The number of thioether (sulfide) groups is 1. The summed E-state index contributed by atoms with van der Waals surface area (Å²) in [4.78, 5) is 12.4. The van der Waals surface area contributed by atoms with Crippen LogP contribution in [0.5, 0.6) is 0 Å². The standard InChI is InChI=1S/C18H24N6O2S/c1-11(2)9-24-17(14-7-6-8-26-14)20-21-18(24)27-10-15(25)19-16-12(3)22-23(5)13(16)4/h6-8,11H,9-10H2,1-5H3,(H,19,25). The second kappa shape index (κ2) is 7.99. The van der Waals surface area contributed by atoms with Gasteiger partial charge in [-0.2, -0.15) is 5.10 Å². The summed E-state index contributed by atoms with van der Waals surface area (Å²) >= 11 is 1.36. The smallest absolute Gasteiger partial charge is 0.234 e. The van der Waals surface area contributed by atoms with E-state index in [0.29, 0.717) is 22.7 Å². The molecule has 27 heavy (non-hydrogen) atoms. The van der Waals surface area contributed by atoms with E-state index >= 15 is 0 Å². The van der Waals surface area contributed by atoms with Crippen LogP contribution in [0.25, 0.3) is 11.6 Å². The zero-order valence-corrected chi connectivity index (χ0v) is 17.0. The van der Waals surface area contributed by atoms with Crippen molar-refractivity contribution in [1.82, 2.24) is 24.5 Å². The zero-order chi connectivity index (χ0) is 19.6. The molecule has 1 N–H and O–H groups in total. The molecule has 9 heteroatoms. The number of aryl methyl sites for hydroxylation is 2. The van der Waals surface area contributed by atoms with Gasteiger partial charge in [0.1, 0.15) is 0 Å². The van der Waals surface area contributed by atoms with Crippen molar-refractivity contribution in [2.45, 2.75) is 39.4 Å². The van der Waals surface area contributed by atoms with Crippen molar-refractivity contribution >= 4 is 23.4 Å². The van der Waals surface area contributed by atoms with Crippen LogP contribution in [0.2, 0.25) is 0 Å². The minimum absolute atomic E-state index is 0.0992. The van der Waals surface area contributed by atoms with Crippen LogP contribution in [0.4, 0.5) is 5.69 Å². The topological polar surface area (TPSA) is 90.8 Å². The van der Waals surface area contributed by atoms with Gasteiger partial charge in [0.05, 0.1) is 29.1 Å². The van der Waals surface area contributed by atoms with Crippen molar-refractivity contribution in [1.29, 1.82) is 0 Å². The molecule has 0 unspecified atom stereocenters. The molecule has 0 spiro atoms. The number of carbonyl (C=O) groups excluding carboxylic acids is 1. The predicted molar refractivity (Wildman–Crippen MR) is 105 cm³/mol. The highest BCUT2D eigenvalue weighted by atomic mass is 32.2. The van der Waals surface area contributed by atoms with Gasteiger partial charge < -0.3 is 9.73 Å². The number of nitrogens with zero attached hydrogens (tertiary/aromatic N) is 5. The molecule has 1 amide bonds. The molecule has 0 radical (unpaired) electrons. The molecular formula is C18H24N6O2S. The van der Waals surface area contributed by atoms with Crippen LogP contribution in [0.3, 0.4) is 0 Å². The van der Waals surface area contributed by atoms with Gasteiger partial charge in [-0.25, -0.2) is 0 Å². The minimum Gasteiger partial charge on any atom is -0.461 e. The molecule has 3 rings (SSSR count). The van der Waals surface area contributed by atoms with E-state index in [1.807, 2.05) is 37.6 Å². The van der Waals surface area contributed by atoms with Gasteiger partial charge in [-0.3, -0.25) is 14.0 Å². The maximum Gasteiger partial charge on any atom is 0.234 e. The first kappa shape index (κ1) is 19.2. The highest BCUT2D eigenvalue weighted by molar-refractivity contribution is 7.99. The van der Waals surface area contributed by atoms with E-state index in [4.69, 9.17) is 4.42 Å². The van der Waals surface area contributed by atoms with E-state index in [0.717, 1.165) is 23.6 Å². The molecule has 0 aliphatic carbocycles. The van der Waals surface area contributed by atoms with Crippen molar-refractivity contribution in [2.24, 2.45) is 13.0 Å². The van der Waals surface area contributed by atoms with Crippen molar-refractivity contribution in [3.63, 3.8) is 0 Å². The van der Waals surface area contributed by atoms with Gasteiger partial charge in [-0.05, 0) is 31.9 Å². The third kappa shape index (κ3) is 4.24. The molecule has 8 nitrogen and oxygen atoms in total. The van der Waals surface area contributed by atoms with E-state index < -0.39 is 0 Å². The van der Waals surface area contributed by atoms with Gasteiger partial charge >= 0.3 is 0 Å². The van der Waals surface area contributed by atoms with E-state index in [-0.39, 0.29) is 11.7 Å². The number of hydrogen-bond donors (Lipinski definition) is 1. The predicted octanol–water partition coefficient (Wildman–Crippen LogP) is 3.28. The van der Waals surface area contributed by atoms with Crippen molar-refractivity contribution in [3.05, 3.63) is 29.8 Å². The number of anilines is 1. The summed E-state index contributed by atoms with van der Waals surface area (Å²) in [6.07, 6.45) is 1.61. The number of amides is 1. The fourth-order valence-electron chi connectivity index (χ4n) is 2.77. The summed E-state index contributed by atoms with van der Waals surface area (Å²) < 4.78 is 9.23. The third-order valence-corrected chi connectivity index (χ3v) is 5.08. The number of aromatic nitrogens is 5. The molecule has 0 bridgehead atoms. The summed E-state index contributed by atoms with van der Waals surface area (Å²) in [5.74, 6) is 1.89. The monoisotopic (exact) mass is 388 g/mol.